The summed E-state index contributed by atoms with van der Waals surface area (Å²) in [6, 6.07) is 12.2. The zero-order chi connectivity index (χ0) is 18.5. The summed E-state index contributed by atoms with van der Waals surface area (Å²) in [5, 5.41) is 3.55. The third-order valence-corrected chi connectivity index (χ3v) is 4.77. The van der Waals surface area contributed by atoms with E-state index in [4.69, 9.17) is 14.2 Å². The van der Waals surface area contributed by atoms with Gasteiger partial charge >= 0.3 is 0 Å². The largest absolute Gasteiger partial charge is 0.497 e. The van der Waals surface area contributed by atoms with Gasteiger partial charge < -0.3 is 24.5 Å². The van der Waals surface area contributed by atoms with Gasteiger partial charge in [-0.25, -0.2) is 0 Å². The van der Waals surface area contributed by atoms with Crippen molar-refractivity contribution >= 4 is 10.9 Å². The number of nitrogens with two attached hydrogens (primary N) is 1. The summed E-state index contributed by atoms with van der Waals surface area (Å²) in [6.45, 7) is 3.98. The first-order valence-corrected chi connectivity index (χ1v) is 8.84. The van der Waals surface area contributed by atoms with Crippen LogP contribution in [0.1, 0.15) is 16.8 Å². The first-order valence-electron chi connectivity index (χ1n) is 8.84. The Morgan fingerprint density at radius 2 is 1.85 bits per heavy atom. The number of hydrogen-bond donors (Lipinski definition) is 2. The summed E-state index contributed by atoms with van der Waals surface area (Å²) in [6.07, 6.45) is 0.991. The van der Waals surface area contributed by atoms with Gasteiger partial charge in [0.2, 0.25) is 0 Å². The highest BCUT2D eigenvalue weighted by Crippen LogP contribution is 2.30. The number of H-pyrrole nitrogens is 1. The van der Waals surface area contributed by atoms with E-state index in [1.807, 2.05) is 18.2 Å². The predicted molar refractivity (Wildman–Crippen MR) is 103 cm³/mol. The minimum absolute atomic E-state index is 0.776. The van der Waals surface area contributed by atoms with Gasteiger partial charge in [-0.05, 0) is 42.8 Å². The van der Waals surface area contributed by atoms with Gasteiger partial charge in [0, 0.05) is 23.0 Å². The quantitative estimate of drug-likeness (QED) is 0.611. The molecule has 3 N–H and O–H groups in total. The molecule has 0 radical (unpaired) electrons. The van der Waals surface area contributed by atoms with Crippen molar-refractivity contribution in [2.75, 3.05) is 27.9 Å². The van der Waals surface area contributed by atoms with E-state index in [1.165, 1.54) is 16.6 Å². The van der Waals surface area contributed by atoms with Crippen LogP contribution in [0.25, 0.3) is 10.9 Å². The van der Waals surface area contributed by atoms with Gasteiger partial charge in [-0.1, -0.05) is 6.07 Å². The molecule has 0 amide bonds. The molecule has 5 nitrogen and oxygen atoms in total. The molecule has 5 heteroatoms. The Labute approximate surface area is 154 Å². The van der Waals surface area contributed by atoms with Crippen molar-refractivity contribution in [2.45, 2.75) is 19.9 Å². The number of hydrogen-bond acceptors (Lipinski definition) is 3. The first kappa shape index (κ1) is 18.1. The molecular weight excluding hydrogens is 328 g/mol. The van der Waals surface area contributed by atoms with Crippen molar-refractivity contribution in [3.05, 3.63) is 53.2 Å². The summed E-state index contributed by atoms with van der Waals surface area (Å²) < 4.78 is 16.3. The van der Waals surface area contributed by atoms with Crippen LogP contribution in [0, 0.1) is 6.92 Å². The number of aromatic amines is 1. The van der Waals surface area contributed by atoms with Gasteiger partial charge in [0.15, 0.2) is 11.5 Å². The van der Waals surface area contributed by atoms with Crippen molar-refractivity contribution in [2.24, 2.45) is 0 Å². The van der Waals surface area contributed by atoms with Crippen molar-refractivity contribution in [3.8, 4) is 17.2 Å². The Morgan fingerprint density at radius 3 is 2.58 bits per heavy atom. The average Bonchev–Trinajstić information content (AvgIpc) is 2.99. The number of para-hydroxylation sites is 1. The van der Waals surface area contributed by atoms with Crippen LogP contribution in [0.5, 0.6) is 17.2 Å². The number of aromatic nitrogens is 1. The molecule has 0 aliphatic heterocycles. The lowest BCUT2D eigenvalue weighted by Crippen LogP contribution is -2.83. The second-order valence-electron chi connectivity index (χ2n) is 6.32. The zero-order valence-electron chi connectivity index (χ0n) is 15.9. The molecule has 0 saturated carbocycles. The van der Waals surface area contributed by atoms with E-state index in [-0.39, 0.29) is 0 Å². The van der Waals surface area contributed by atoms with Gasteiger partial charge in [0.1, 0.15) is 12.3 Å². The molecule has 0 spiro atoms. The van der Waals surface area contributed by atoms with Crippen molar-refractivity contribution in [3.63, 3.8) is 0 Å². The number of benzene rings is 2. The second kappa shape index (κ2) is 8.15. The standard InChI is InChI=1S/C21H26N2O3/c1-14-17(18-12-16(24-2)8-9-19(18)23-14)10-11-22-13-15-6-5-7-20(25-3)21(15)26-4/h5-9,12,22-23H,10-11,13H2,1-4H3/p+1. The summed E-state index contributed by atoms with van der Waals surface area (Å²) in [4.78, 5) is 3.46. The molecule has 0 aliphatic carbocycles. The zero-order valence-corrected chi connectivity index (χ0v) is 15.9. The van der Waals surface area contributed by atoms with Crippen LogP contribution >= 0.6 is 0 Å². The van der Waals surface area contributed by atoms with Gasteiger partial charge in [0.05, 0.1) is 33.4 Å². The molecule has 2 aromatic carbocycles. The summed E-state index contributed by atoms with van der Waals surface area (Å²) in [5.41, 5.74) is 4.88. The highest BCUT2D eigenvalue weighted by atomic mass is 16.5. The normalized spacial score (nSPS) is 10.9. The third-order valence-electron chi connectivity index (χ3n) is 4.77. The molecular formula is C21H27N2O3+. The Bertz CT molecular complexity index is 886. The number of nitrogens with one attached hydrogen (secondary N) is 1. The fourth-order valence-electron chi connectivity index (χ4n) is 3.43. The van der Waals surface area contributed by atoms with Gasteiger partial charge in [-0.2, -0.15) is 0 Å². The van der Waals surface area contributed by atoms with Crippen LogP contribution in [0.4, 0.5) is 0 Å². The second-order valence-corrected chi connectivity index (χ2v) is 6.32. The Balaban J connectivity index is 1.68. The third kappa shape index (κ3) is 3.63. The minimum atomic E-state index is 0.776. The lowest BCUT2D eigenvalue weighted by atomic mass is 10.1. The van der Waals surface area contributed by atoms with E-state index in [1.54, 1.807) is 21.3 Å². The van der Waals surface area contributed by atoms with Crippen LogP contribution in [-0.2, 0) is 13.0 Å². The fourth-order valence-corrected chi connectivity index (χ4v) is 3.43. The average molecular weight is 355 g/mol. The lowest BCUT2D eigenvalue weighted by Gasteiger charge is -2.11. The Hall–Kier alpha value is -2.66. The maximum atomic E-state index is 5.51. The van der Waals surface area contributed by atoms with E-state index in [0.29, 0.717) is 0 Å². The fraction of sp³-hybridized carbons (Fsp3) is 0.333. The SMILES string of the molecule is COc1ccc2[nH]c(C)c(CC[NH2+]Cc3cccc(OC)c3OC)c2c1. The van der Waals surface area contributed by atoms with E-state index in [2.05, 4.69) is 35.4 Å². The number of quaternary nitrogens is 1. The van der Waals surface area contributed by atoms with Crippen molar-refractivity contribution < 1.29 is 19.5 Å². The minimum Gasteiger partial charge on any atom is -0.497 e. The number of methoxy groups -OCH3 is 3. The molecule has 0 bridgehead atoms. The summed E-state index contributed by atoms with van der Waals surface area (Å²) in [7, 11) is 5.05. The highest BCUT2D eigenvalue weighted by molar-refractivity contribution is 5.86. The van der Waals surface area contributed by atoms with Crippen LogP contribution in [0.3, 0.4) is 0 Å². The van der Waals surface area contributed by atoms with Crippen LogP contribution in [-0.4, -0.2) is 32.9 Å². The van der Waals surface area contributed by atoms with Crippen LogP contribution < -0.4 is 19.5 Å². The number of ether oxygens (including phenoxy) is 3. The topological polar surface area (TPSA) is 60.1 Å². The predicted octanol–water partition coefficient (Wildman–Crippen LogP) is 2.81. The smallest absolute Gasteiger partial charge is 0.169 e. The molecule has 1 aromatic heterocycles. The molecule has 26 heavy (non-hydrogen) atoms. The monoisotopic (exact) mass is 355 g/mol. The molecule has 0 unspecified atom stereocenters. The number of rotatable bonds is 8. The van der Waals surface area contributed by atoms with E-state index < -0.39 is 0 Å². The Kier molecular flexibility index (Phi) is 5.68. The Morgan fingerprint density at radius 1 is 1.00 bits per heavy atom. The maximum Gasteiger partial charge on any atom is 0.169 e. The van der Waals surface area contributed by atoms with Gasteiger partial charge in [-0.15, -0.1) is 0 Å². The summed E-state index contributed by atoms with van der Waals surface area (Å²) >= 11 is 0. The van der Waals surface area contributed by atoms with Gasteiger partial charge in [-0.3, -0.25) is 0 Å². The van der Waals surface area contributed by atoms with Crippen LogP contribution in [0.15, 0.2) is 36.4 Å². The van der Waals surface area contributed by atoms with Crippen molar-refractivity contribution in [1.82, 2.24) is 4.98 Å². The van der Waals surface area contributed by atoms with E-state index in [0.717, 1.165) is 47.8 Å². The van der Waals surface area contributed by atoms with E-state index in [9.17, 15) is 0 Å². The number of fused-ring (bicyclic) bond motifs is 1. The molecule has 0 saturated heterocycles. The van der Waals surface area contributed by atoms with Crippen molar-refractivity contribution in [1.29, 1.82) is 0 Å². The molecule has 0 aliphatic rings. The molecule has 0 atom stereocenters. The maximum absolute atomic E-state index is 5.51. The first-order chi connectivity index (χ1) is 12.7. The molecule has 3 rings (SSSR count). The molecule has 138 valence electrons. The molecule has 0 fully saturated rings. The van der Waals surface area contributed by atoms with Crippen LogP contribution in [0.2, 0.25) is 0 Å². The molecule has 1 heterocycles. The summed E-state index contributed by atoms with van der Waals surface area (Å²) in [5.74, 6) is 2.49. The molecule has 3 aromatic rings. The van der Waals surface area contributed by atoms with Gasteiger partial charge in [0.25, 0.3) is 0 Å². The lowest BCUT2D eigenvalue weighted by molar-refractivity contribution is -0.670. The number of aryl methyl sites for hydroxylation is 1. The van der Waals surface area contributed by atoms with E-state index >= 15 is 0 Å². The highest BCUT2D eigenvalue weighted by Gasteiger charge is 2.12.